The third-order valence-electron chi connectivity index (χ3n) is 2.74. The van der Waals surface area contributed by atoms with Crippen molar-refractivity contribution in [3.05, 3.63) is 27.6 Å². The zero-order valence-electron chi connectivity index (χ0n) is 9.70. The molecule has 2 heterocycles. The van der Waals surface area contributed by atoms with Crippen molar-refractivity contribution in [3.8, 4) is 0 Å². The van der Waals surface area contributed by atoms with E-state index in [9.17, 15) is 13.2 Å². The van der Waals surface area contributed by atoms with Gasteiger partial charge in [0.1, 0.15) is 5.02 Å². The molecule has 0 amide bonds. The molecule has 0 saturated carbocycles. The van der Waals surface area contributed by atoms with Crippen LogP contribution in [0.4, 0.5) is 0 Å². The fourth-order valence-corrected chi connectivity index (χ4v) is 3.38. The lowest BCUT2D eigenvalue weighted by atomic mass is 10.0. The number of halogens is 1. The van der Waals surface area contributed by atoms with Crippen LogP contribution in [0.2, 0.25) is 5.02 Å². The van der Waals surface area contributed by atoms with Crippen molar-refractivity contribution in [3.63, 3.8) is 0 Å². The summed E-state index contributed by atoms with van der Waals surface area (Å²) in [4.78, 5) is 13.3. The molecule has 1 aliphatic rings. The van der Waals surface area contributed by atoms with Crippen LogP contribution in [-0.2, 0) is 14.8 Å². The van der Waals surface area contributed by atoms with Crippen LogP contribution in [-0.4, -0.2) is 32.2 Å². The maximum atomic E-state index is 12.1. The maximum Gasteiger partial charge on any atom is 0.266 e. The number of rotatable bonds is 3. The van der Waals surface area contributed by atoms with Crippen molar-refractivity contribution < 1.29 is 13.2 Å². The van der Waals surface area contributed by atoms with E-state index in [1.807, 2.05) is 0 Å². The molecule has 1 aromatic heterocycles. The first-order valence-electron chi connectivity index (χ1n) is 5.32. The molecule has 8 heteroatoms. The Morgan fingerprint density at radius 1 is 1.56 bits per heavy atom. The van der Waals surface area contributed by atoms with E-state index >= 15 is 0 Å². The summed E-state index contributed by atoms with van der Waals surface area (Å²) in [6, 6.07) is 1.13. The Morgan fingerprint density at radius 3 is 2.83 bits per heavy atom. The molecule has 0 radical (unpaired) electrons. The molecule has 1 fully saturated rings. The summed E-state index contributed by atoms with van der Waals surface area (Å²) in [6.45, 7) is 2.61. The van der Waals surface area contributed by atoms with Gasteiger partial charge >= 0.3 is 0 Å². The van der Waals surface area contributed by atoms with Crippen molar-refractivity contribution in [2.75, 3.05) is 13.2 Å². The number of H-pyrrole nitrogens is 1. The van der Waals surface area contributed by atoms with Gasteiger partial charge in [-0.25, -0.2) is 13.1 Å². The van der Waals surface area contributed by atoms with E-state index in [2.05, 4.69) is 9.71 Å². The number of hydrogen-bond acceptors (Lipinski definition) is 4. The topological polar surface area (TPSA) is 88.3 Å². The zero-order chi connectivity index (χ0) is 13.4. The lowest BCUT2D eigenvalue weighted by Crippen LogP contribution is -2.46. The van der Waals surface area contributed by atoms with Gasteiger partial charge in [0.25, 0.3) is 5.56 Å². The van der Waals surface area contributed by atoms with E-state index in [1.165, 1.54) is 0 Å². The van der Waals surface area contributed by atoms with Crippen molar-refractivity contribution in [1.82, 2.24) is 9.71 Å². The molecule has 2 rings (SSSR count). The van der Waals surface area contributed by atoms with Crippen molar-refractivity contribution in [2.45, 2.75) is 23.8 Å². The zero-order valence-corrected chi connectivity index (χ0v) is 11.3. The fraction of sp³-hybridized carbons (Fsp3) is 0.500. The van der Waals surface area contributed by atoms with E-state index in [-0.39, 0.29) is 9.92 Å². The second-order valence-corrected chi connectivity index (χ2v) is 6.57. The number of pyridine rings is 1. The van der Waals surface area contributed by atoms with E-state index in [1.54, 1.807) is 6.92 Å². The van der Waals surface area contributed by atoms with Gasteiger partial charge < -0.3 is 9.72 Å². The molecule has 6 nitrogen and oxygen atoms in total. The molecule has 1 aliphatic heterocycles. The largest absolute Gasteiger partial charge is 0.379 e. The van der Waals surface area contributed by atoms with Crippen LogP contribution in [0.25, 0.3) is 0 Å². The first kappa shape index (κ1) is 13.5. The van der Waals surface area contributed by atoms with Gasteiger partial charge in [0.05, 0.1) is 17.0 Å². The van der Waals surface area contributed by atoms with Gasteiger partial charge in [0.15, 0.2) is 0 Å². The molecule has 0 aromatic carbocycles. The first-order chi connectivity index (χ1) is 8.32. The molecule has 0 bridgehead atoms. The van der Waals surface area contributed by atoms with Gasteiger partial charge in [0, 0.05) is 12.8 Å². The molecule has 2 N–H and O–H groups in total. The lowest BCUT2D eigenvalue weighted by molar-refractivity contribution is 0.178. The van der Waals surface area contributed by atoms with Gasteiger partial charge in [-0.3, -0.25) is 4.79 Å². The van der Waals surface area contributed by atoms with Crippen LogP contribution in [0.15, 0.2) is 22.0 Å². The Balaban J connectivity index is 2.30. The van der Waals surface area contributed by atoms with Crippen LogP contribution in [0, 0.1) is 0 Å². The summed E-state index contributed by atoms with van der Waals surface area (Å²) in [5.41, 5.74) is -1.15. The highest BCUT2D eigenvalue weighted by atomic mass is 35.5. The second kappa shape index (κ2) is 4.65. The third-order valence-corrected chi connectivity index (χ3v) is 4.64. The van der Waals surface area contributed by atoms with E-state index in [4.69, 9.17) is 16.3 Å². The Morgan fingerprint density at radius 2 is 2.28 bits per heavy atom. The van der Waals surface area contributed by atoms with Crippen molar-refractivity contribution in [1.29, 1.82) is 0 Å². The van der Waals surface area contributed by atoms with Gasteiger partial charge in [-0.15, -0.1) is 0 Å². The van der Waals surface area contributed by atoms with E-state index < -0.39 is 21.1 Å². The highest BCUT2D eigenvalue weighted by Gasteiger charge is 2.34. The molecular formula is C10H13ClN2O4S. The van der Waals surface area contributed by atoms with Crippen molar-refractivity contribution >= 4 is 21.6 Å². The van der Waals surface area contributed by atoms with Crippen LogP contribution in [0.3, 0.4) is 0 Å². The molecule has 1 saturated heterocycles. The number of hydrogen-bond donors (Lipinski definition) is 2. The SMILES string of the molecule is CC1(NS(=O)(=O)c2c[nH]c(=O)c(Cl)c2)CCOC1. The molecular weight excluding hydrogens is 280 g/mol. The predicted molar refractivity (Wildman–Crippen MR) is 66.2 cm³/mol. The molecule has 1 aromatic rings. The summed E-state index contributed by atoms with van der Waals surface area (Å²) in [7, 11) is -3.73. The van der Waals surface area contributed by atoms with Crippen LogP contribution in [0.5, 0.6) is 0 Å². The molecule has 1 unspecified atom stereocenters. The summed E-state index contributed by atoms with van der Waals surface area (Å²) < 4.78 is 32.0. The van der Waals surface area contributed by atoms with Crippen LogP contribution >= 0.6 is 11.6 Å². The Bertz CT molecular complexity index is 605. The average Bonchev–Trinajstić information content (AvgIpc) is 2.67. The summed E-state index contributed by atoms with van der Waals surface area (Å²) >= 11 is 5.61. The summed E-state index contributed by atoms with van der Waals surface area (Å²) in [5.74, 6) is 0. The predicted octanol–water partition coefficient (Wildman–Crippen LogP) is 0.486. The van der Waals surface area contributed by atoms with Crippen LogP contribution in [0.1, 0.15) is 13.3 Å². The summed E-state index contributed by atoms with van der Waals surface area (Å²) in [6.07, 6.45) is 1.72. The summed E-state index contributed by atoms with van der Waals surface area (Å²) in [5, 5.41) is -0.161. The second-order valence-electron chi connectivity index (χ2n) is 4.48. The van der Waals surface area contributed by atoms with E-state index in [0.717, 1.165) is 12.3 Å². The van der Waals surface area contributed by atoms with Gasteiger partial charge in [-0.05, 0) is 19.4 Å². The van der Waals surface area contributed by atoms with Crippen LogP contribution < -0.4 is 10.3 Å². The normalized spacial score (nSPS) is 24.3. The molecule has 1 atom stereocenters. The fourth-order valence-electron chi connectivity index (χ4n) is 1.72. The molecule has 18 heavy (non-hydrogen) atoms. The monoisotopic (exact) mass is 292 g/mol. The first-order valence-corrected chi connectivity index (χ1v) is 7.18. The smallest absolute Gasteiger partial charge is 0.266 e. The maximum absolute atomic E-state index is 12.1. The molecule has 0 spiro atoms. The Hall–Kier alpha value is -0.890. The molecule has 0 aliphatic carbocycles. The minimum absolute atomic E-state index is 0.0692. The van der Waals surface area contributed by atoms with Gasteiger partial charge in [0.2, 0.25) is 10.0 Å². The Labute approximate surface area is 109 Å². The highest BCUT2D eigenvalue weighted by molar-refractivity contribution is 7.89. The Kier molecular flexibility index (Phi) is 3.50. The average molecular weight is 293 g/mol. The van der Waals surface area contributed by atoms with Gasteiger partial charge in [-0.2, -0.15) is 0 Å². The number of nitrogens with one attached hydrogen (secondary N) is 2. The minimum atomic E-state index is -3.73. The number of ether oxygens (including phenoxy) is 1. The van der Waals surface area contributed by atoms with E-state index in [0.29, 0.717) is 19.6 Å². The lowest BCUT2D eigenvalue weighted by Gasteiger charge is -2.23. The number of aromatic amines is 1. The third kappa shape index (κ3) is 2.74. The van der Waals surface area contributed by atoms with Crippen molar-refractivity contribution in [2.24, 2.45) is 0 Å². The standard InChI is InChI=1S/C10H13ClN2O4S/c1-10(2-3-17-6-10)13-18(15,16)7-4-8(11)9(14)12-5-7/h4-5,13H,2-3,6H2,1H3,(H,12,14). The molecule has 100 valence electrons. The number of sulfonamides is 1. The van der Waals surface area contributed by atoms with Gasteiger partial charge in [-0.1, -0.05) is 11.6 Å². The quantitative estimate of drug-likeness (QED) is 0.848. The number of aromatic nitrogens is 1. The minimum Gasteiger partial charge on any atom is -0.379 e. The highest BCUT2D eigenvalue weighted by Crippen LogP contribution is 2.21.